The summed E-state index contributed by atoms with van der Waals surface area (Å²) in [7, 11) is 0. The van der Waals surface area contributed by atoms with Gasteiger partial charge in [-0.05, 0) is 29.8 Å². The van der Waals surface area contributed by atoms with Crippen LogP contribution >= 0.6 is 0 Å². The fourth-order valence-electron chi connectivity index (χ4n) is 1.87. The van der Waals surface area contributed by atoms with Crippen LogP contribution < -0.4 is 15.5 Å². The van der Waals surface area contributed by atoms with Crippen LogP contribution in [0.3, 0.4) is 0 Å². The van der Waals surface area contributed by atoms with Crippen molar-refractivity contribution in [3.63, 3.8) is 0 Å². The molecule has 2 rings (SSSR count). The molecule has 0 fully saturated rings. The Morgan fingerprint density at radius 3 is 2.30 bits per heavy atom. The molecule has 0 spiro atoms. The van der Waals surface area contributed by atoms with Crippen LogP contribution in [0.5, 0.6) is 5.75 Å². The first-order chi connectivity index (χ1) is 12.8. The molecule has 9 heteroatoms. The minimum atomic E-state index is -4.41. The van der Waals surface area contributed by atoms with E-state index in [4.69, 9.17) is 4.74 Å². The third kappa shape index (κ3) is 7.18. The lowest BCUT2D eigenvalue weighted by Gasteiger charge is -2.07. The van der Waals surface area contributed by atoms with E-state index in [1.807, 2.05) is 6.07 Å². The number of nitrogens with one attached hydrogen (secondary N) is 2. The summed E-state index contributed by atoms with van der Waals surface area (Å²) in [6.07, 6.45) is -3.22. The minimum Gasteiger partial charge on any atom is -0.484 e. The van der Waals surface area contributed by atoms with Crippen LogP contribution in [-0.4, -0.2) is 31.2 Å². The van der Waals surface area contributed by atoms with Gasteiger partial charge in [-0.3, -0.25) is 9.59 Å². The van der Waals surface area contributed by atoms with Crippen LogP contribution in [0, 0.1) is 0 Å². The minimum absolute atomic E-state index is 0.244. The number of nitrogens with zero attached hydrogens (tertiary/aromatic N) is 1. The number of carbonyl (C=O) groups excluding carboxylic acids is 2. The Balaban J connectivity index is 1.69. The number of ether oxygens (including phenoxy) is 1. The monoisotopic (exact) mass is 379 g/mol. The summed E-state index contributed by atoms with van der Waals surface area (Å²) < 4.78 is 42.6. The van der Waals surface area contributed by atoms with Crippen molar-refractivity contribution in [3.05, 3.63) is 65.7 Å². The molecule has 0 unspecified atom stereocenters. The highest BCUT2D eigenvalue weighted by Crippen LogP contribution is 2.28. The maximum Gasteiger partial charge on any atom is 0.416 e. The summed E-state index contributed by atoms with van der Waals surface area (Å²) in [4.78, 5) is 23.2. The number of benzene rings is 2. The average molecular weight is 379 g/mol. The summed E-state index contributed by atoms with van der Waals surface area (Å²) in [5.41, 5.74) is 1.76. The van der Waals surface area contributed by atoms with E-state index in [0.717, 1.165) is 12.1 Å². The van der Waals surface area contributed by atoms with Crippen molar-refractivity contribution in [1.29, 1.82) is 0 Å². The highest BCUT2D eigenvalue weighted by Gasteiger charge is 2.29. The second kappa shape index (κ2) is 9.37. The van der Waals surface area contributed by atoms with E-state index in [1.54, 1.807) is 24.3 Å². The zero-order chi connectivity index (χ0) is 19.7. The maximum atomic E-state index is 12.4. The standard InChI is InChI=1S/C18H16F3N3O3/c19-18(20,21)14-8-6-13(7-9-14)10-23-24-16(25)11-22-17(26)12-27-15-4-2-1-3-5-15/h1-10H,11-12H2,(H,22,26)(H,24,25)/b23-10-. The van der Waals surface area contributed by atoms with Crippen LogP contribution in [0.2, 0.25) is 0 Å². The molecule has 0 atom stereocenters. The van der Waals surface area contributed by atoms with Gasteiger partial charge in [-0.15, -0.1) is 0 Å². The topological polar surface area (TPSA) is 79.8 Å². The van der Waals surface area contributed by atoms with Gasteiger partial charge in [0.15, 0.2) is 6.61 Å². The van der Waals surface area contributed by atoms with Crippen LogP contribution in [0.25, 0.3) is 0 Å². The molecule has 2 N–H and O–H groups in total. The number of hydrogen-bond donors (Lipinski definition) is 2. The van der Waals surface area contributed by atoms with E-state index in [0.29, 0.717) is 11.3 Å². The van der Waals surface area contributed by atoms with E-state index in [-0.39, 0.29) is 13.2 Å². The van der Waals surface area contributed by atoms with E-state index >= 15 is 0 Å². The van der Waals surface area contributed by atoms with Gasteiger partial charge in [-0.2, -0.15) is 18.3 Å². The molecule has 6 nitrogen and oxygen atoms in total. The molecule has 0 aromatic heterocycles. The molecular formula is C18H16F3N3O3. The van der Waals surface area contributed by atoms with E-state index < -0.39 is 23.6 Å². The van der Waals surface area contributed by atoms with Crippen LogP contribution in [-0.2, 0) is 15.8 Å². The molecule has 2 aromatic rings. The molecule has 2 aromatic carbocycles. The molecule has 0 heterocycles. The molecule has 27 heavy (non-hydrogen) atoms. The molecule has 142 valence electrons. The molecule has 0 radical (unpaired) electrons. The fourth-order valence-corrected chi connectivity index (χ4v) is 1.87. The van der Waals surface area contributed by atoms with Crippen LogP contribution in [0.4, 0.5) is 13.2 Å². The largest absolute Gasteiger partial charge is 0.484 e. The fraction of sp³-hybridized carbons (Fsp3) is 0.167. The van der Waals surface area contributed by atoms with Crippen LogP contribution in [0.15, 0.2) is 59.7 Å². The molecule has 0 aliphatic carbocycles. The van der Waals surface area contributed by atoms with Crippen molar-refractivity contribution in [1.82, 2.24) is 10.7 Å². The van der Waals surface area contributed by atoms with E-state index in [1.165, 1.54) is 18.3 Å². The number of hydrogen-bond acceptors (Lipinski definition) is 4. The van der Waals surface area contributed by atoms with Crippen molar-refractivity contribution in [3.8, 4) is 5.75 Å². The van der Waals surface area contributed by atoms with Gasteiger partial charge < -0.3 is 10.1 Å². The average Bonchev–Trinajstić information content (AvgIpc) is 2.65. The number of carbonyl (C=O) groups is 2. The molecule has 2 amide bonds. The Morgan fingerprint density at radius 2 is 1.67 bits per heavy atom. The number of halogens is 3. The number of rotatable bonds is 7. The quantitative estimate of drug-likeness (QED) is 0.573. The second-order valence-electron chi connectivity index (χ2n) is 5.29. The molecule has 0 saturated heterocycles. The Bertz CT molecular complexity index is 791. The van der Waals surface area contributed by atoms with Crippen molar-refractivity contribution >= 4 is 18.0 Å². The van der Waals surface area contributed by atoms with Gasteiger partial charge >= 0.3 is 6.18 Å². The van der Waals surface area contributed by atoms with Crippen molar-refractivity contribution in [2.24, 2.45) is 5.10 Å². The summed E-state index contributed by atoms with van der Waals surface area (Å²) in [6.45, 7) is -0.562. The Morgan fingerprint density at radius 1 is 1.00 bits per heavy atom. The van der Waals surface area contributed by atoms with Gasteiger partial charge in [-0.25, -0.2) is 5.43 Å². The lowest BCUT2D eigenvalue weighted by atomic mass is 10.1. The predicted molar refractivity (Wildman–Crippen MR) is 92.1 cm³/mol. The zero-order valence-corrected chi connectivity index (χ0v) is 14.0. The summed E-state index contributed by atoms with van der Waals surface area (Å²) >= 11 is 0. The lowest BCUT2D eigenvalue weighted by molar-refractivity contribution is -0.137. The first kappa shape index (κ1) is 20.0. The van der Waals surface area contributed by atoms with Gasteiger partial charge in [0.05, 0.1) is 18.3 Å². The van der Waals surface area contributed by atoms with E-state index in [2.05, 4.69) is 15.8 Å². The van der Waals surface area contributed by atoms with Gasteiger partial charge in [0, 0.05) is 0 Å². The van der Waals surface area contributed by atoms with Crippen molar-refractivity contribution in [2.75, 3.05) is 13.2 Å². The first-order valence-corrected chi connectivity index (χ1v) is 7.78. The third-order valence-corrected chi connectivity index (χ3v) is 3.20. The number of para-hydroxylation sites is 1. The van der Waals surface area contributed by atoms with Gasteiger partial charge in [0.25, 0.3) is 11.8 Å². The SMILES string of the molecule is O=C(COc1ccccc1)NCC(=O)N/N=C\c1ccc(C(F)(F)F)cc1. The zero-order valence-electron chi connectivity index (χ0n) is 14.0. The van der Waals surface area contributed by atoms with E-state index in [9.17, 15) is 22.8 Å². The molecule has 0 saturated carbocycles. The van der Waals surface area contributed by atoms with Gasteiger partial charge in [0.1, 0.15) is 5.75 Å². The third-order valence-electron chi connectivity index (χ3n) is 3.20. The number of amides is 2. The lowest BCUT2D eigenvalue weighted by Crippen LogP contribution is -2.37. The Hall–Kier alpha value is -3.36. The van der Waals surface area contributed by atoms with Gasteiger partial charge in [0.2, 0.25) is 0 Å². The van der Waals surface area contributed by atoms with Crippen molar-refractivity contribution < 1.29 is 27.5 Å². The Labute approximate surface area is 153 Å². The predicted octanol–water partition coefficient (Wildman–Crippen LogP) is 2.35. The number of hydrazone groups is 1. The molecule has 0 aliphatic rings. The van der Waals surface area contributed by atoms with Gasteiger partial charge in [-0.1, -0.05) is 30.3 Å². The maximum absolute atomic E-state index is 12.4. The summed E-state index contributed by atoms with van der Waals surface area (Å²) in [5.74, 6) is -0.551. The Kier molecular flexibility index (Phi) is 6.93. The molecular weight excluding hydrogens is 363 g/mol. The highest BCUT2D eigenvalue weighted by atomic mass is 19.4. The highest BCUT2D eigenvalue weighted by molar-refractivity contribution is 5.86. The normalized spacial score (nSPS) is 11.2. The van der Waals surface area contributed by atoms with Crippen LogP contribution in [0.1, 0.15) is 11.1 Å². The van der Waals surface area contributed by atoms with Crippen molar-refractivity contribution in [2.45, 2.75) is 6.18 Å². The summed E-state index contributed by atoms with van der Waals surface area (Å²) in [6, 6.07) is 13.0. The first-order valence-electron chi connectivity index (χ1n) is 7.78. The number of alkyl halides is 3. The summed E-state index contributed by atoms with van der Waals surface area (Å²) in [5, 5.41) is 5.97. The smallest absolute Gasteiger partial charge is 0.416 e. The second-order valence-corrected chi connectivity index (χ2v) is 5.29. The molecule has 0 bridgehead atoms. The molecule has 0 aliphatic heterocycles.